The molecule has 0 radical (unpaired) electrons. The van der Waals surface area contributed by atoms with Crippen LogP contribution in [0.4, 0.5) is 17.6 Å². The molecule has 0 saturated heterocycles. The lowest BCUT2D eigenvalue weighted by Gasteiger charge is -2.13. The van der Waals surface area contributed by atoms with Crippen LogP contribution in [0, 0.1) is 5.82 Å². The molecule has 0 atom stereocenters. The van der Waals surface area contributed by atoms with Gasteiger partial charge in [0.25, 0.3) is 5.91 Å². The maximum atomic E-state index is 13.6. The van der Waals surface area contributed by atoms with Crippen LogP contribution in [-0.2, 0) is 6.18 Å². The van der Waals surface area contributed by atoms with E-state index in [-0.39, 0.29) is 24.6 Å². The molecule has 0 bridgehead atoms. The number of carbonyl (C=O) groups is 1. The van der Waals surface area contributed by atoms with Crippen molar-refractivity contribution in [2.75, 3.05) is 13.2 Å². The number of nitrogens with zero attached hydrogens (tertiary/aromatic N) is 2. The number of nitrogens with one attached hydrogen (secondary N) is 1. The lowest BCUT2D eigenvalue weighted by molar-refractivity contribution is -0.143. The highest BCUT2D eigenvalue weighted by Gasteiger charge is 2.40. The molecule has 3 aromatic rings. The molecule has 10 heteroatoms. The van der Waals surface area contributed by atoms with Crippen LogP contribution in [0.2, 0.25) is 5.02 Å². The van der Waals surface area contributed by atoms with E-state index in [0.717, 1.165) is 12.3 Å². The van der Waals surface area contributed by atoms with Crippen LogP contribution < -0.4 is 10.1 Å². The van der Waals surface area contributed by atoms with E-state index in [2.05, 4.69) is 10.4 Å². The molecule has 2 aromatic carbocycles. The third-order valence-electron chi connectivity index (χ3n) is 3.81. The summed E-state index contributed by atoms with van der Waals surface area (Å²) in [6, 6.07) is 10.9. The van der Waals surface area contributed by atoms with Gasteiger partial charge in [-0.3, -0.25) is 4.79 Å². The van der Waals surface area contributed by atoms with Crippen LogP contribution in [0.25, 0.3) is 5.69 Å². The summed E-state index contributed by atoms with van der Waals surface area (Å²) in [5.74, 6) is -1.21. The Hall–Kier alpha value is -3.07. The SMILES string of the molecule is O=C(NCCOc1cccc(F)c1)c1cnn(-c2ccc(Cl)cc2)c1C(F)(F)F. The number of halogens is 5. The summed E-state index contributed by atoms with van der Waals surface area (Å²) in [5, 5.41) is 6.40. The van der Waals surface area contributed by atoms with Crippen molar-refractivity contribution in [3.8, 4) is 11.4 Å². The summed E-state index contributed by atoms with van der Waals surface area (Å²) < 4.78 is 59.7. The lowest BCUT2D eigenvalue weighted by Crippen LogP contribution is -2.30. The molecule has 1 heterocycles. The maximum Gasteiger partial charge on any atom is 0.434 e. The summed E-state index contributed by atoms with van der Waals surface area (Å²) in [5.41, 5.74) is -1.73. The van der Waals surface area contributed by atoms with Crippen molar-refractivity contribution in [2.45, 2.75) is 6.18 Å². The molecule has 1 amide bonds. The van der Waals surface area contributed by atoms with E-state index >= 15 is 0 Å². The summed E-state index contributed by atoms with van der Waals surface area (Å²) >= 11 is 5.76. The molecule has 1 N–H and O–H groups in total. The molecule has 0 aliphatic carbocycles. The maximum absolute atomic E-state index is 13.6. The van der Waals surface area contributed by atoms with Crippen LogP contribution >= 0.6 is 11.6 Å². The number of amides is 1. The Morgan fingerprint density at radius 2 is 1.90 bits per heavy atom. The smallest absolute Gasteiger partial charge is 0.434 e. The van der Waals surface area contributed by atoms with Crippen LogP contribution in [0.1, 0.15) is 16.1 Å². The highest BCUT2D eigenvalue weighted by molar-refractivity contribution is 6.30. The molecular formula is C19H14ClF4N3O2. The van der Waals surface area contributed by atoms with Gasteiger partial charge < -0.3 is 10.1 Å². The van der Waals surface area contributed by atoms with E-state index in [1.807, 2.05) is 0 Å². The minimum Gasteiger partial charge on any atom is -0.492 e. The molecule has 0 saturated carbocycles. The zero-order valence-corrected chi connectivity index (χ0v) is 15.5. The second-order valence-corrected chi connectivity index (χ2v) is 6.29. The first kappa shape index (κ1) is 20.7. The second kappa shape index (κ2) is 8.52. The number of alkyl halides is 3. The van der Waals surface area contributed by atoms with Crippen molar-refractivity contribution in [3.63, 3.8) is 0 Å². The molecule has 152 valence electrons. The number of hydrogen-bond acceptors (Lipinski definition) is 3. The van der Waals surface area contributed by atoms with Gasteiger partial charge in [0, 0.05) is 11.1 Å². The number of benzene rings is 2. The number of carbonyl (C=O) groups excluding carboxylic acids is 1. The first-order valence-corrected chi connectivity index (χ1v) is 8.71. The molecule has 3 rings (SSSR count). The highest BCUT2D eigenvalue weighted by Crippen LogP contribution is 2.33. The van der Waals surface area contributed by atoms with Crippen LogP contribution in [-0.4, -0.2) is 28.8 Å². The minimum absolute atomic E-state index is 0.0537. The predicted octanol–water partition coefficient (Wildman–Crippen LogP) is 4.49. The second-order valence-electron chi connectivity index (χ2n) is 5.85. The normalized spacial score (nSPS) is 11.3. The van der Waals surface area contributed by atoms with Crippen LogP contribution in [0.5, 0.6) is 5.75 Å². The Morgan fingerprint density at radius 3 is 2.55 bits per heavy atom. The molecule has 0 unspecified atom stereocenters. The molecule has 5 nitrogen and oxygen atoms in total. The Bertz CT molecular complexity index is 1000. The molecule has 0 aliphatic heterocycles. The number of rotatable bonds is 6. The van der Waals surface area contributed by atoms with Crippen molar-refractivity contribution < 1.29 is 27.1 Å². The monoisotopic (exact) mass is 427 g/mol. The Morgan fingerprint density at radius 1 is 1.17 bits per heavy atom. The van der Waals surface area contributed by atoms with Gasteiger partial charge in [0.2, 0.25) is 0 Å². The fourth-order valence-electron chi connectivity index (χ4n) is 2.55. The molecular weight excluding hydrogens is 414 g/mol. The van der Waals surface area contributed by atoms with E-state index < -0.39 is 29.2 Å². The van der Waals surface area contributed by atoms with Gasteiger partial charge in [-0.1, -0.05) is 17.7 Å². The van der Waals surface area contributed by atoms with E-state index in [1.165, 1.54) is 42.5 Å². The summed E-state index contributed by atoms with van der Waals surface area (Å²) in [7, 11) is 0. The fraction of sp³-hybridized carbons (Fsp3) is 0.158. The van der Waals surface area contributed by atoms with Crippen molar-refractivity contribution >= 4 is 17.5 Å². The molecule has 0 aliphatic rings. The summed E-state index contributed by atoms with van der Waals surface area (Å²) in [6.07, 6.45) is -3.97. The molecule has 1 aromatic heterocycles. The fourth-order valence-corrected chi connectivity index (χ4v) is 2.68. The van der Waals surface area contributed by atoms with Crippen LogP contribution in [0.15, 0.2) is 54.7 Å². The topological polar surface area (TPSA) is 56.1 Å². The third-order valence-corrected chi connectivity index (χ3v) is 4.06. The van der Waals surface area contributed by atoms with Crippen molar-refractivity contribution in [2.24, 2.45) is 0 Å². The number of hydrogen-bond donors (Lipinski definition) is 1. The average Bonchev–Trinajstić information content (AvgIpc) is 3.11. The van der Waals surface area contributed by atoms with E-state index in [0.29, 0.717) is 9.70 Å². The quantitative estimate of drug-likeness (QED) is 0.466. The Balaban J connectivity index is 1.72. The van der Waals surface area contributed by atoms with Crippen molar-refractivity contribution in [1.82, 2.24) is 15.1 Å². The average molecular weight is 428 g/mol. The third kappa shape index (κ3) is 5.05. The lowest BCUT2D eigenvalue weighted by atomic mass is 10.2. The van der Waals surface area contributed by atoms with Gasteiger partial charge in [-0.15, -0.1) is 0 Å². The van der Waals surface area contributed by atoms with E-state index in [1.54, 1.807) is 0 Å². The van der Waals surface area contributed by atoms with Gasteiger partial charge in [-0.25, -0.2) is 9.07 Å². The van der Waals surface area contributed by atoms with Gasteiger partial charge in [0.05, 0.1) is 24.0 Å². The van der Waals surface area contributed by atoms with Crippen molar-refractivity contribution in [3.05, 3.63) is 76.8 Å². The van der Waals surface area contributed by atoms with Gasteiger partial charge in [-0.2, -0.15) is 18.3 Å². The van der Waals surface area contributed by atoms with Gasteiger partial charge in [-0.05, 0) is 36.4 Å². The zero-order valence-electron chi connectivity index (χ0n) is 14.7. The molecule has 29 heavy (non-hydrogen) atoms. The predicted molar refractivity (Wildman–Crippen MR) is 97.8 cm³/mol. The highest BCUT2D eigenvalue weighted by atomic mass is 35.5. The number of ether oxygens (including phenoxy) is 1. The summed E-state index contributed by atoms with van der Waals surface area (Å²) in [6.45, 7) is -0.138. The first-order valence-electron chi connectivity index (χ1n) is 8.33. The van der Waals surface area contributed by atoms with E-state index in [9.17, 15) is 22.4 Å². The van der Waals surface area contributed by atoms with Gasteiger partial charge in [0.1, 0.15) is 18.2 Å². The largest absolute Gasteiger partial charge is 0.492 e. The van der Waals surface area contributed by atoms with Gasteiger partial charge >= 0.3 is 6.18 Å². The van der Waals surface area contributed by atoms with Crippen molar-refractivity contribution in [1.29, 1.82) is 0 Å². The Labute approximate surface area is 167 Å². The van der Waals surface area contributed by atoms with E-state index in [4.69, 9.17) is 16.3 Å². The van der Waals surface area contributed by atoms with Gasteiger partial charge in [0.15, 0.2) is 5.69 Å². The minimum atomic E-state index is -4.82. The molecule has 0 spiro atoms. The Kier molecular flexibility index (Phi) is 6.07. The standard InChI is InChI=1S/C19H14ClF4N3O2/c20-12-4-6-14(7-5-12)27-17(19(22,23)24)16(11-26-27)18(28)25-8-9-29-15-3-1-2-13(21)10-15/h1-7,10-11H,8-9H2,(H,25,28). The molecule has 0 fully saturated rings. The number of aromatic nitrogens is 2. The van der Waals surface area contributed by atoms with Crippen LogP contribution in [0.3, 0.4) is 0 Å². The first-order chi connectivity index (χ1) is 13.8. The summed E-state index contributed by atoms with van der Waals surface area (Å²) in [4.78, 5) is 12.3. The zero-order chi connectivity index (χ0) is 21.0.